The average Bonchev–Trinajstić information content (AvgIpc) is 2.25. The van der Waals surface area contributed by atoms with Crippen molar-refractivity contribution in [2.45, 2.75) is 0 Å². The molecule has 4 nitrogen and oxygen atoms in total. The summed E-state index contributed by atoms with van der Waals surface area (Å²) < 4.78 is 15.1. The highest BCUT2D eigenvalue weighted by Gasteiger charge is 2.05. The summed E-state index contributed by atoms with van der Waals surface area (Å²) in [5.74, 6) is 1.74. The van der Waals surface area contributed by atoms with Gasteiger partial charge in [-0.2, -0.15) is 0 Å². The van der Waals surface area contributed by atoms with Gasteiger partial charge in [0.15, 0.2) is 18.1 Å². The molecule has 0 atom stereocenters. The maximum Gasteiger partial charge on any atom is 0.235 e. The molecular formula is C10H11BrO4. The van der Waals surface area contributed by atoms with Gasteiger partial charge in [-0.1, -0.05) is 0 Å². The summed E-state index contributed by atoms with van der Waals surface area (Å²) >= 11 is 2.78. The molecule has 0 aliphatic rings. The third-order valence-electron chi connectivity index (χ3n) is 1.71. The lowest BCUT2D eigenvalue weighted by Crippen LogP contribution is -2.04. The summed E-state index contributed by atoms with van der Waals surface area (Å²) in [5, 5.41) is 0. The molecule has 0 aliphatic carbocycles. The molecule has 0 spiro atoms. The standard InChI is InChI=1S/C10H11BrO4/c1-13-8-4-3-7(5-9(8)14-2)15-6-10(11)12/h3-5H,6H2,1-2H3. The summed E-state index contributed by atoms with van der Waals surface area (Å²) in [4.78, 5) is 10.6. The van der Waals surface area contributed by atoms with Crippen LogP contribution in [-0.4, -0.2) is 25.5 Å². The molecule has 0 unspecified atom stereocenters. The number of carbonyl (C=O) groups excluding carboxylic acids is 1. The fourth-order valence-electron chi connectivity index (χ4n) is 1.05. The third kappa shape index (κ3) is 3.43. The van der Waals surface area contributed by atoms with E-state index >= 15 is 0 Å². The number of methoxy groups -OCH3 is 2. The van der Waals surface area contributed by atoms with Crippen molar-refractivity contribution in [3.8, 4) is 17.2 Å². The smallest absolute Gasteiger partial charge is 0.235 e. The molecule has 0 heterocycles. The molecule has 1 aromatic rings. The summed E-state index contributed by atoms with van der Waals surface area (Å²) in [6, 6.07) is 5.08. The maximum atomic E-state index is 10.6. The van der Waals surface area contributed by atoms with Gasteiger partial charge in [0.1, 0.15) is 5.75 Å². The number of halogens is 1. The minimum absolute atomic E-state index is 0.0184. The van der Waals surface area contributed by atoms with Crippen molar-refractivity contribution in [2.75, 3.05) is 20.8 Å². The van der Waals surface area contributed by atoms with Crippen molar-refractivity contribution < 1.29 is 19.0 Å². The van der Waals surface area contributed by atoms with Crippen LogP contribution >= 0.6 is 15.9 Å². The highest BCUT2D eigenvalue weighted by Crippen LogP contribution is 2.30. The molecule has 82 valence electrons. The molecular weight excluding hydrogens is 264 g/mol. The zero-order chi connectivity index (χ0) is 11.3. The number of rotatable bonds is 5. The Morgan fingerprint density at radius 3 is 2.47 bits per heavy atom. The van der Waals surface area contributed by atoms with E-state index in [1.54, 1.807) is 25.3 Å². The molecule has 0 aromatic heterocycles. The lowest BCUT2D eigenvalue weighted by Gasteiger charge is -2.09. The Bertz CT molecular complexity index is 351. The van der Waals surface area contributed by atoms with Crippen LogP contribution in [0.15, 0.2) is 18.2 Å². The second-order valence-electron chi connectivity index (χ2n) is 2.66. The van der Waals surface area contributed by atoms with E-state index < -0.39 is 0 Å². The van der Waals surface area contributed by atoms with Gasteiger partial charge in [-0.05, 0) is 28.1 Å². The second-order valence-corrected chi connectivity index (χ2v) is 3.55. The highest BCUT2D eigenvalue weighted by molar-refractivity contribution is 9.18. The highest BCUT2D eigenvalue weighted by atomic mass is 79.9. The molecule has 0 saturated heterocycles. The SMILES string of the molecule is COc1ccc(OCC(=O)Br)cc1OC. The molecule has 15 heavy (non-hydrogen) atoms. The first-order valence-corrected chi connectivity index (χ1v) is 5.00. The molecule has 0 saturated carbocycles. The monoisotopic (exact) mass is 274 g/mol. The molecule has 0 fully saturated rings. The van der Waals surface area contributed by atoms with E-state index in [4.69, 9.17) is 14.2 Å². The molecule has 0 aliphatic heterocycles. The van der Waals surface area contributed by atoms with Crippen molar-refractivity contribution >= 4 is 20.6 Å². The normalized spacial score (nSPS) is 9.53. The van der Waals surface area contributed by atoms with Gasteiger partial charge in [-0.3, -0.25) is 4.79 Å². The number of ether oxygens (including phenoxy) is 3. The number of hydrogen-bond acceptors (Lipinski definition) is 4. The van der Waals surface area contributed by atoms with Crippen LogP contribution in [0.25, 0.3) is 0 Å². The molecule has 1 rings (SSSR count). The molecule has 0 radical (unpaired) electrons. The number of carbonyl (C=O) groups is 1. The molecule has 0 amide bonds. The quantitative estimate of drug-likeness (QED) is 0.771. The average molecular weight is 275 g/mol. The molecule has 0 bridgehead atoms. The predicted octanol–water partition coefficient (Wildman–Crippen LogP) is 2.00. The van der Waals surface area contributed by atoms with Crippen molar-refractivity contribution in [2.24, 2.45) is 0 Å². The van der Waals surface area contributed by atoms with Gasteiger partial charge in [-0.15, -0.1) is 0 Å². The van der Waals surface area contributed by atoms with Crippen molar-refractivity contribution in [1.82, 2.24) is 0 Å². The van der Waals surface area contributed by atoms with E-state index in [0.717, 1.165) is 0 Å². The van der Waals surface area contributed by atoms with Crippen LogP contribution in [0.2, 0.25) is 0 Å². The maximum absolute atomic E-state index is 10.6. The van der Waals surface area contributed by atoms with Crippen molar-refractivity contribution in [3.05, 3.63) is 18.2 Å². The first-order valence-electron chi connectivity index (χ1n) is 4.20. The van der Waals surface area contributed by atoms with E-state index in [1.165, 1.54) is 7.11 Å². The van der Waals surface area contributed by atoms with Crippen LogP contribution in [0, 0.1) is 0 Å². The fourth-order valence-corrected chi connectivity index (χ4v) is 1.16. The lowest BCUT2D eigenvalue weighted by molar-refractivity contribution is -0.112. The zero-order valence-corrected chi connectivity index (χ0v) is 10.0. The van der Waals surface area contributed by atoms with E-state index in [0.29, 0.717) is 17.2 Å². The Kier molecular flexibility index (Phi) is 4.42. The molecule has 0 N–H and O–H groups in total. The number of hydrogen-bond donors (Lipinski definition) is 0. The van der Waals surface area contributed by atoms with Crippen molar-refractivity contribution in [3.63, 3.8) is 0 Å². The van der Waals surface area contributed by atoms with Gasteiger partial charge >= 0.3 is 0 Å². The first-order chi connectivity index (χ1) is 7.17. The van der Waals surface area contributed by atoms with Crippen molar-refractivity contribution in [1.29, 1.82) is 0 Å². The largest absolute Gasteiger partial charge is 0.493 e. The van der Waals surface area contributed by atoms with E-state index in [2.05, 4.69) is 15.9 Å². The Hall–Kier alpha value is -1.23. The van der Waals surface area contributed by atoms with Gasteiger partial charge in [0.2, 0.25) is 4.69 Å². The Morgan fingerprint density at radius 2 is 1.93 bits per heavy atom. The lowest BCUT2D eigenvalue weighted by atomic mass is 10.3. The van der Waals surface area contributed by atoms with Gasteiger partial charge in [0.05, 0.1) is 14.2 Å². The Balaban J connectivity index is 2.78. The first kappa shape index (κ1) is 11.8. The minimum Gasteiger partial charge on any atom is -0.493 e. The zero-order valence-electron chi connectivity index (χ0n) is 8.45. The fraction of sp³-hybridized carbons (Fsp3) is 0.300. The third-order valence-corrected chi connectivity index (χ3v) is 1.94. The molecule has 1 aromatic carbocycles. The van der Waals surface area contributed by atoms with E-state index in [1.807, 2.05) is 0 Å². The van der Waals surface area contributed by atoms with Crippen LogP contribution in [0.3, 0.4) is 0 Å². The minimum atomic E-state index is -0.211. The Labute approximate surface area is 96.3 Å². The molecule has 5 heteroatoms. The van der Waals surface area contributed by atoms with Gasteiger partial charge < -0.3 is 14.2 Å². The number of benzene rings is 1. The van der Waals surface area contributed by atoms with Crippen LogP contribution in [0.4, 0.5) is 0 Å². The Morgan fingerprint density at radius 1 is 1.27 bits per heavy atom. The summed E-state index contributed by atoms with van der Waals surface area (Å²) in [7, 11) is 3.09. The van der Waals surface area contributed by atoms with Crippen LogP contribution in [0.1, 0.15) is 0 Å². The summed E-state index contributed by atoms with van der Waals surface area (Å²) in [6.45, 7) is -0.0184. The van der Waals surface area contributed by atoms with Crippen LogP contribution in [-0.2, 0) is 4.79 Å². The predicted molar refractivity (Wildman–Crippen MR) is 59.0 cm³/mol. The summed E-state index contributed by atoms with van der Waals surface area (Å²) in [5.41, 5.74) is 0. The van der Waals surface area contributed by atoms with Crippen LogP contribution < -0.4 is 14.2 Å². The van der Waals surface area contributed by atoms with Gasteiger partial charge in [0.25, 0.3) is 0 Å². The van der Waals surface area contributed by atoms with Gasteiger partial charge in [-0.25, -0.2) is 0 Å². The van der Waals surface area contributed by atoms with E-state index in [-0.39, 0.29) is 11.3 Å². The topological polar surface area (TPSA) is 44.8 Å². The second kappa shape index (κ2) is 5.60. The summed E-state index contributed by atoms with van der Waals surface area (Å²) in [6.07, 6.45) is 0. The van der Waals surface area contributed by atoms with Crippen LogP contribution in [0.5, 0.6) is 17.2 Å². The van der Waals surface area contributed by atoms with E-state index in [9.17, 15) is 4.79 Å². The van der Waals surface area contributed by atoms with Gasteiger partial charge in [0, 0.05) is 6.07 Å².